The summed E-state index contributed by atoms with van der Waals surface area (Å²) in [7, 11) is 0. The first-order valence-electron chi connectivity index (χ1n) is 6.08. The third-order valence-corrected chi connectivity index (χ3v) is 3.14. The van der Waals surface area contributed by atoms with Crippen LogP contribution in [0.4, 0.5) is 0 Å². The second-order valence-electron chi connectivity index (χ2n) is 4.28. The maximum atomic E-state index is 5.71. The summed E-state index contributed by atoms with van der Waals surface area (Å²) >= 11 is 4.29. The van der Waals surface area contributed by atoms with Gasteiger partial charge in [0.2, 0.25) is 0 Å². The molecule has 2 nitrogen and oxygen atoms in total. The van der Waals surface area contributed by atoms with Crippen LogP contribution in [0.15, 0.2) is 65.6 Å². The summed E-state index contributed by atoms with van der Waals surface area (Å²) in [6.07, 6.45) is 0. The first kappa shape index (κ1) is 12.1. The summed E-state index contributed by atoms with van der Waals surface area (Å²) in [6.45, 7) is 0.460. The SMILES string of the molecule is Sc1cccc(OCc2ccc3ccccc3n2)c1. The highest BCUT2D eigenvalue weighted by atomic mass is 32.1. The fourth-order valence-corrected chi connectivity index (χ4v) is 2.13. The van der Waals surface area contributed by atoms with E-state index in [9.17, 15) is 0 Å². The summed E-state index contributed by atoms with van der Waals surface area (Å²) in [5, 5.41) is 1.14. The van der Waals surface area contributed by atoms with E-state index in [1.54, 1.807) is 0 Å². The van der Waals surface area contributed by atoms with Gasteiger partial charge in [-0.15, -0.1) is 12.6 Å². The molecule has 0 radical (unpaired) electrons. The van der Waals surface area contributed by atoms with E-state index in [0.29, 0.717) is 6.61 Å². The lowest BCUT2D eigenvalue weighted by Crippen LogP contribution is -1.98. The lowest BCUT2D eigenvalue weighted by molar-refractivity contribution is 0.301. The molecule has 0 spiro atoms. The number of aromatic nitrogens is 1. The van der Waals surface area contributed by atoms with E-state index >= 15 is 0 Å². The average molecular weight is 267 g/mol. The number of nitrogens with zero attached hydrogens (tertiary/aromatic N) is 1. The van der Waals surface area contributed by atoms with Gasteiger partial charge in [0.1, 0.15) is 12.4 Å². The van der Waals surface area contributed by atoms with Gasteiger partial charge in [-0.3, -0.25) is 0 Å². The van der Waals surface area contributed by atoms with Crippen LogP contribution in [0, 0.1) is 0 Å². The lowest BCUT2D eigenvalue weighted by Gasteiger charge is -2.07. The number of fused-ring (bicyclic) bond motifs is 1. The van der Waals surface area contributed by atoms with E-state index in [2.05, 4.69) is 29.7 Å². The van der Waals surface area contributed by atoms with Crippen molar-refractivity contribution in [3.05, 3.63) is 66.4 Å². The fraction of sp³-hybridized carbons (Fsp3) is 0.0625. The highest BCUT2D eigenvalue weighted by Crippen LogP contribution is 2.18. The van der Waals surface area contributed by atoms with E-state index in [-0.39, 0.29) is 0 Å². The van der Waals surface area contributed by atoms with Crippen molar-refractivity contribution in [2.45, 2.75) is 11.5 Å². The van der Waals surface area contributed by atoms with Crippen molar-refractivity contribution in [2.24, 2.45) is 0 Å². The Morgan fingerprint density at radius 3 is 2.74 bits per heavy atom. The van der Waals surface area contributed by atoms with Gasteiger partial charge in [-0.05, 0) is 30.3 Å². The topological polar surface area (TPSA) is 22.1 Å². The van der Waals surface area contributed by atoms with Crippen molar-refractivity contribution >= 4 is 23.5 Å². The monoisotopic (exact) mass is 267 g/mol. The third kappa shape index (κ3) is 2.88. The first-order chi connectivity index (χ1) is 9.31. The molecular weight excluding hydrogens is 254 g/mol. The summed E-state index contributed by atoms with van der Waals surface area (Å²) in [5.41, 5.74) is 1.91. The van der Waals surface area contributed by atoms with Crippen molar-refractivity contribution in [3.63, 3.8) is 0 Å². The Morgan fingerprint density at radius 2 is 1.84 bits per heavy atom. The number of ether oxygens (including phenoxy) is 1. The van der Waals surface area contributed by atoms with Crippen molar-refractivity contribution in [1.82, 2.24) is 4.98 Å². The highest BCUT2D eigenvalue weighted by Gasteiger charge is 2.00. The van der Waals surface area contributed by atoms with Crippen LogP contribution in [-0.4, -0.2) is 4.98 Å². The molecule has 0 aliphatic heterocycles. The Bertz CT molecular complexity index is 712. The van der Waals surface area contributed by atoms with Crippen molar-refractivity contribution in [1.29, 1.82) is 0 Å². The minimum atomic E-state index is 0.460. The molecule has 0 unspecified atom stereocenters. The number of para-hydroxylation sites is 1. The van der Waals surface area contributed by atoms with Crippen LogP contribution in [-0.2, 0) is 6.61 Å². The van der Waals surface area contributed by atoms with Gasteiger partial charge >= 0.3 is 0 Å². The standard InChI is InChI=1S/C16H13NOS/c19-15-6-3-5-14(10-15)18-11-13-9-8-12-4-1-2-7-16(12)17-13/h1-10,19H,11H2. The zero-order chi connectivity index (χ0) is 13.1. The summed E-state index contributed by atoms with van der Waals surface area (Å²) in [4.78, 5) is 5.46. The third-order valence-electron chi connectivity index (χ3n) is 2.86. The lowest BCUT2D eigenvalue weighted by atomic mass is 10.2. The van der Waals surface area contributed by atoms with Crippen molar-refractivity contribution in [2.75, 3.05) is 0 Å². The number of pyridine rings is 1. The Morgan fingerprint density at radius 1 is 0.947 bits per heavy atom. The molecule has 3 rings (SSSR count). The molecular formula is C16H13NOS. The fourth-order valence-electron chi connectivity index (χ4n) is 1.92. The Hall–Kier alpha value is -2.00. The summed E-state index contributed by atoms with van der Waals surface area (Å²) in [6, 6.07) is 19.8. The molecule has 0 aliphatic rings. The summed E-state index contributed by atoms with van der Waals surface area (Å²) in [5.74, 6) is 0.808. The first-order valence-corrected chi connectivity index (χ1v) is 6.52. The van der Waals surface area contributed by atoms with Crippen LogP contribution in [0.2, 0.25) is 0 Å². The van der Waals surface area contributed by atoms with Crippen LogP contribution in [0.1, 0.15) is 5.69 Å². The number of rotatable bonds is 3. The van der Waals surface area contributed by atoms with Gasteiger partial charge in [0.15, 0.2) is 0 Å². The molecule has 19 heavy (non-hydrogen) atoms. The molecule has 2 aromatic carbocycles. The van der Waals surface area contributed by atoms with E-state index < -0.39 is 0 Å². The second-order valence-corrected chi connectivity index (χ2v) is 4.80. The highest BCUT2D eigenvalue weighted by molar-refractivity contribution is 7.80. The van der Waals surface area contributed by atoms with Crippen LogP contribution >= 0.6 is 12.6 Å². The molecule has 1 aromatic heterocycles. The van der Waals surface area contributed by atoms with Crippen LogP contribution in [0.5, 0.6) is 5.75 Å². The van der Waals surface area contributed by atoms with Gasteiger partial charge in [-0.25, -0.2) is 4.98 Å². The zero-order valence-electron chi connectivity index (χ0n) is 10.3. The Kier molecular flexibility index (Phi) is 3.38. The Labute approximate surface area is 117 Å². The predicted molar refractivity (Wildman–Crippen MR) is 79.8 cm³/mol. The van der Waals surface area contributed by atoms with Crippen LogP contribution < -0.4 is 4.74 Å². The van der Waals surface area contributed by atoms with Crippen molar-refractivity contribution in [3.8, 4) is 5.75 Å². The van der Waals surface area contributed by atoms with E-state index in [4.69, 9.17) is 4.74 Å². The smallest absolute Gasteiger partial charge is 0.130 e. The average Bonchev–Trinajstić information content (AvgIpc) is 2.45. The molecule has 0 aliphatic carbocycles. The number of thiol groups is 1. The van der Waals surface area contributed by atoms with Gasteiger partial charge in [-0.1, -0.05) is 30.3 Å². The Balaban J connectivity index is 1.78. The van der Waals surface area contributed by atoms with Crippen molar-refractivity contribution < 1.29 is 4.74 Å². The van der Waals surface area contributed by atoms with E-state index in [1.807, 2.05) is 48.5 Å². The molecule has 0 saturated carbocycles. The summed E-state index contributed by atoms with van der Waals surface area (Å²) < 4.78 is 5.71. The molecule has 0 atom stereocenters. The number of hydrogen-bond donors (Lipinski definition) is 1. The van der Waals surface area contributed by atoms with Gasteiger partial charge in [0.05, 0.1) is 11.2 Å². The van der Waals surface area contributed by atoms with Crippen LogP contribution in [0.3, 0.4) is 0 Å². The van der Waals surface area contributed by atoms with Gasteiger partial charge in [0.25, 0.3) is 0 Å². The minimum absolute atomic E-state index is 0.460. The van der Waals surface area contributed by atoms with Gasteiger partial charge in [0, 0.05) is 10.3 Å². The molecule has 0 amide bonds. The second kappa shape index (κ2) is 5.33. The molecule has 94 valence electrons. The van der Waals surface area contributed by atoms with Crippen LogP contribution in [0.25, 0.3) is 10.9 Å². The molecule has 3 aromatic rings. The predicted octanol–water partition coefficient (Wildman–Crippen LogP) is 4.10. The molecule has 0 fully saturated rings. The van der Waals surface area contributed by atoms with E-state index in [0.717, 1.165) is 27.2 Å². The minimum Gasteiger partial charge on any atom is -0.487 e. The quantitative estimate of drug-likeness (QED) is 0.722. The van der Waals surface area contributed by atoms with E-state index in [1.165, 1.54) is 0 Å². The molecule has 0 saturated heterocycles. The molecule has 3 heteroatoms. The normalized spacial score (nSPS) is 10.6. The largest absolute Gasteiger partial charge is 0.487 e. The molecule has 0 N–H and O–H groups in total. The number of benzene rings is 2. The van der Waals surface area contributed by atoms with Gasteiger partial charge in [-0.2, -0.15) is 0 Å². The number of hydrogen-bond acceptors (Lipinski definition) is 3. The molecule has 1 heterocycles. The molecule has 0 bridgehead atoms. The maximum Gasteiger partial charge on any atom is 0.130 e. The zero-order valence-corrected chi connectivity index (χ0v) is 11.2. The van der Waals surface area contributed by atoms with Gasteiger partial charge < -0.3 is 4.74 Å². The maximum absolute atomic E-state index is 5.71.